The topological polar surface area (TPSA) is 32.8 Å². The summed E-state index contributed by atoms with van der Waals surface area (Å²) in [7, 11) is 1.71. The van der Waals surface area contributed by atoms with Gasteiger partial charge in [-0.1, -0.05) is 6.07 Å². The third-order valence-electron chi connectivity index (χ3n) is 7.48. The summed E-state index contributed by atoms with van der Waals surface area (Å²) < 4.78 is 5.35. The molecule has 0 N–H and O–H groups in total. The van der Waals surface area contributed by atoms with E-state index in [0.717, 1.165) is 49.7 Å². The summed E-state index contributed by atoms with van der Waals surface area (Å²) in [5.74, 6) is 3.89. The number of carbonyl (C=O) groups is 1. The van der Waals surface area contributed by atoms with E-state index in [1.165, 1.54) is 44.2 Å². The number of rotatable bonds is 3. The lowest BCUT2D eigenvalue weighted by Gasteiger charge is -2.57. The van der Waals surface area contributed by atoms with Crippen LogP contribution in [0.1, 0.15) is 38.5 Å². The van der Waals surface area contributed by atoms with Crippen LogP contribution in [0.25, 0.3) is 0 Å². The Morgan fingerprint density at radius 1 is 1.00 bits per heavy atom. The van der Waals surface area contributed by atoms with Gasteiger partial charge in [-0.25, -0.2) is 0 Å². The van der Waals surface area contributed by atoms with Gasteiger partial charge in [0.15, 0.2) is 0 Å². The van der Waals surface area contributed by atoms with Crippen molar-refractivity contribution in [2.75, 3.05) is 38.2 Å². The van der Waals surface area contributed by atoms with E-state index in [2.05, 4.69) is 21.9 Å². The van der Waals surface area contributed by atoms with Crippen molar-refractivity contribution in [3.8, 4) is 5.75 Å². The minimum atomic E-state index is 0.00683. The van der Waals surface area contributed by atoms with Crippen LogP contribution in [0, 0.1) is 23.2 Å². The molecule has 0 atom stereocenters. The maximum absolute atomic E-state index is 13.5. The number of amides is 1. The van der Waals surface area contributed by atoms with E-state index < -0.39 is 0 Å². The number of hydrogen-bond donors (Lipinski definition) is 0. The van der Waals surface area contributed by atoms with Gasteiger partial charge in [-0.2, -0.15) is 0 Å². The molecule has 0 spiro atoms. The van der Waals surface area contributed by atoms with Crippen molar-refractivity contribution < 1.29 is 9.53 Å². The van der Waals surface area contributed by atoms with E-state index in [4.69, 9.17) is 4.74 Å². The van der Waals surface area contributed by atoms with Gasteiger partial charge < -0.3 is 14.5 Å². The van der Waals surface area contributed by atoms with Crippen LogP contribution in [0.3, 0.4) is 0 Å². The number of piperazine rings is 1. The van der Waals surface area contributed by atoms with Crippen molar-refractivity contribution in [2.45, 2.75) is 38.5 Å². The van der Waals surface area contributed by atoms with Crippen LogP contribution in [-0.4, -0.2) is 44.1 Å². The predicted molar refractivity (Wildman–Crippen MR) is 102 cm³/mol. The fraction of sp³-hybridized carbons (Fsp3) is 0.682. The summed E-state index contributed by atoms with van der Waals surface area (Å²) in [4.78, 5) is 18.0. The second kappa shape index (κ2) is 6.17. The van der Waals surface area contributed by atoms with Gasteiger partial charge in [-0.3, -0.25) is 4.79 Å². The van der Waals surface area contributed by atoms with Crippen LogP contribution in [-0.2, 0) is 4.79 Å². The van der Waals surface area contributed by atoms with Crippen LogP contribution >= 0.6 is 0 Å². The number of ether oxygens (including phenoxy) is 1. The summed E-state index contributed by atoms with van der Waals surface area (Å²) in [6.07, 6.45) is 7.72. The van der Waals surface area contributed by atoms with Gasteiger partial charge in [0.05, 0.1) is 12.5 Å². The van der Waals surface area contributed by atoms with Gasteiger partial charge >= 0.3 is 0 Å². The smallest absolute Gasteiger partial charge is 0.228 e. The standard InChI is InChI=1S/C22H30N2O2/c1-26-20-4-2-3-19(12-20)23-5-7-24(8-6-23)21(25)22-13-16-9-17(14-22)11-18(10-16)15-22/h2-4,12,16-18H,5-11,13-15H2,1H3. The molecule has 0 unspecified atom stereocenters. The highest BCUT2D eigenvalue weighted by molar-refractivity contribution is 5.83. The monoisotopic (exact) mass is 354 g/mol. The lowest BCUT2D eigenvalue weighted by molar-refractivity contribution is -0.158. The first-order chi connectivity index (χ1) is 12.6. The molecule has 6 rings (SSSR count). The van der Waals surface area contributed by atoms with E-state index in [1.807, 2.05) is 12.1 Å². The van der Waals surface area contributed by atoms with Gasteiger partial charge in [-0.05, 0) is 68.4 Å². The van der Waals surface area contributed by atoms with E-state index in [-0.39, 0.29) is 5.41 Å². The van der Waals surface area contributed by atoms with Gasteiger partial charge in [0.25, 0.3) is 0 Å². The summed E-state index contributed by atoms with van der Waals surface area (Å²) >= 11 is 0. The molecule has 5 aliphatic rings. The quantitative estimate of drug-likeness (QED) is 0.832. The molecule has 140 valence electrons. The second-order valence-corrected chi connectivity index (χ2v) is 9.18. The van der Waals surface area contributed by atoms with Gasteiger partial charge in [0.1, 0.15) is 5.75 Å². The van der Waals surface area contributed by atoms with Crippen LogP contribution in [0.2, 0.25) is 0 Å². The maximum Gasteiger partial charge on any atom is 0.228 e. The molecule has 1 saturated heterocycles. The lowest BCUT2D eigenvalue weighted by atomic mass is 9.49. The van der Waals surface area contributed by atoms with E-state index >= 15 is 0 Å². The highest BCUT2D eigenvalue weighted by Crippen LogP contribution is 2.60. The molecule has 26 heavy (non-hydrogen) atoms. The third-order valence-corrected chi connectivity index (χ3v) is 7.48. The normalized spacial score (nSPS) is 35.7. The first-order valence-corrected chi connectivity index (χ1v) is 10.3. The number of benzene rings is 1. The Morgan fingerprint density at radius 3 is 2.19 bits per heavy atom. The average molecular weight is 354 g/mol. The van der Waals surface area contributed by atoms with Crippen molar-refractivity contribution in [1.29, 1.82) is 0 Å². The molecule has 1 amide bonds. The molecule has 4 aliphatic carbocycles. The van der Waals surface area contributed by atoms with Gasteiger partial charge in [0.2, 0.25) is 5.91 Å². The Bertz CT molecular complexity index is 658. The third kappa shape index (κ3) is 2.69. The molecule has 1 aromatic rings. The number of anilines is 1. The molecule has 1 aromatic carbocycles. The zero-order valence-corrected chi connectivity index (χ0v) is 15.8. The van der Waals surface area contributed by atoms with Gasteiger partial charge in [-0.15, -0.1) is 0 Å². The van der Waals surface area contributed by atoms with E-state index in [9.17, 15) is 4.79 Å². The molecule has 4 nitrogen and oxygen atoms in total. The van der Waals surface area contributed by atoms with Crippen molar-refractivity contribution in [2.24, 2.45) is 23.2 Å². The Labute approximate surface area is 156 Å². The lowest BCUT2D eigenvalue weighted by Crippen LogP contribution is -2.58. The van der Waals surface area contributed by atoms with E-state index in [1.54, 1.807) is 7.11 Å². The maximum atomic E-state index is 13.5. The van der Waals surface area contributed by atoms with Crippen molar-refractivity contribution in [3.05, 3.63) is 24.3 Å². The zero-order chi connectivity index (χ0) is 17.7. The molecule has 1 aliphatic heterocycles. The molecule has 0 aromatic heterocycles. The van der Waals surface area contributed by atoms with Crippen LogP contribution in [0.15, 0.2) is 24.3 Å². The number of nitrogens with zero attached hydrogens (tertiary/aromatic N) is 2. The van der Waals surface area contributed by atoms with Crippen molar-refractivity contribution in [1.82, 2.24) is 4.90 Å². The Balaban J connectivity index is 1.26. The fourth-order valence-corrected chi connectivity index (χ4v) is 6.68. The first kappa shape index (κ1) is 16.5. The molecule has 4 saturated carbocycles. The molecular formula is C22H30N2O2. The molecule has 4 heteroatoms. The Morgan fingerprint density at radius 2 is 1.62 bits per heavy atom. The average Bonchev–Trinajstić information content (AvgIpc) is 2.66. The summed E-state index contributed by atoms with van der Waals surface area (Å²) in [5, 5.41) is 0. The molecule has 5 fully saturated rings. The minimum Gasteiger partial charge on any atom is -0.497 e. The Kier molecular flexibility index (Phi) is 3.91. The number of hydrogen-bond acceptors (Lipinski definition) is 3. The van der Waals surface area contributed by atoms with E-state index in [0.29, 0.717) is 5.91 Å². The zero-order valence-electron chi connectivity index (χ0n) is 15.8. The number of carbonyl (C=O) groups excluding carboxylic acids is 1. The summed E-state index contributed by atoms with van der Waals surface area (Å²) in [6, 6.07) is 8.26. The second-order valence-electron chi connectivity index (χ2n) is 9.18. The van der Waals surface area contributed by atoms with Crippen LogP contribution < -0.4 is 9.64 Å². The van der Waals surface area contributed by atoms with Crippen LogP contribution in [0.5, 0.6) is 5.75 Å². The molecule has 4 bridgehead atoms. The molecular weight excluding hydrogens is 324 g/mol. The number of methoxy groups -OCH3 is 1. The summed E-state index contributed by atoms with van der Waals surface area (Å²) in [6.45, 7) is 3.56. The largest absolute Gasteiger partial charge is 0.497 e. The molecule has 0 radical (unpaired) electrons. The predicted octanol–water partition coefficient (Wildman–Crippen LogP) is 3.56. The Hall–Kier alpha value is -1.71. The highest BCUT2D eigenvalue weighted by Gasteiger charge is 2.55. The van der Waals surface area contributed by atoms with Gasteiger partial charge in [0, 0.05) is 37.9 Å². The first-order valence-electron chi connectivity index (χ1n) is 10.3. The highest BCUT2D eigenvalue weighted by atomic mass is 16.5. The molecule has 1 heterocycles. The minimum absolute atomic E-state index is 0.00683. The van der Waals surface area contributed by atoms with Crippen LogP contribution in [0.4, 0.5) is 5.69 Å². The fourth-order valence-electron chi connectivity index (χ4n) is 6.68. The van der Waals surface area contributed by atoms with Crippen molar-refractivity contribution in [3.63, 3.8) is 0 Å². The van der Waals surface area contributed by atoms with Crippen molar-refractivity contribution >= 4 is 11.6 Å². The SMILES string of the molecule is COc1cccc(N2CCN(C(=O)C34CC5CC(CC(C5)C3)C4)CC2)c1. The summed E-state index contributed by atoms with van der Waals surface area (Å²) in [5.41, 5.74) is 1.21.